The summed E-state index contributed by atoms with van der Waals surface area (Å²) in [6.07, 6.45) is 0. The highest BCUT2D eigenvalue weighted by Crippen LogP contribution is 2.11. The van der Waals surface area contributed by atoms with Gasteiger partial charge in [0, 0.05) is 8.07 Å². The highest BCUT2D eigenvalue weighted by Gasteiger charge is 2.12. The zero-order chi connectivity index (χ0) is 13.7. The number of rotatable bonds is 8. The lowest BCUT2D eigenvalue weighted by atomic mass is 10.7. The van der Waals surface area contributed by atoms with Gasteiger partial charge >= 0.3 is 0 Å². The number of hydrogen-bond acceptors (Lipinski definition) is 2. The van der Waals surface area contributed by atoms with Crippen LogP contribution in [-0.4, -0.2) is 48.5 Å². The fourth-order valence-electron chi connectivity index (χ4n) is 1.62. The Bertz CT molecular complexity index is 141. The van der Waals surface area contributed by atoms with E-state index in [1.54, 1.807) is 0 Å². The van der Waals surface area contributed by atoms with E-state index in [0.717, 1.165) is 13.1 Å². The van der Waals surface area contributed by atoms with E-state index < -0.39 is 8.07 Å². The van der Waals surface area contributed by atoms with Gasteiger partial charge in [0.1, 0.15) is 0 Å². The number of hydrogen-bond donors (Lipinski definition) is 1. The summed E-state index contributed by atoms with van der Waals surface area (Å²) in [4.78, 5) is 0. The summed E-state index contributed by atoms with van der Waals surface area (Å²) < 4.78 is 2.65. The molecule has 1 N–H and O–H groups in total. The highest BCUT2D eigenvalue weighted by atomic mass is 28.3. The van der Waals surface area contributed by atoms with E-state index in [4.69, 9.17) is 0 Å². The van der Waals surface area contributed by atoms with Crippen LogP contribution in [0, 0.1) is 0 Å². The molecule has 0 aliphatic carbocycles. The molecule has 0 atom stereocenters. The monoisotopic (exact) mass is 276 g/mol. The molecule has 0 aromatic rings. The Kier molecular flexibility index (Phi) is 14.8. The Morgan fingerprint density at radius 1 is 0.941 bits per heavy atom. The molecular weight excluding hydrogens is 240 g/mol. The lowest BCUT2D eigenvalue weighted by molar-refractivity contribution is 0.492. The molecule has 106 valence electrons. The van der Waals surface area contributed by atoms with Crippen molar-refractivity contribution in [1.29, 1.82) is 0 Å². The second kappa shape index (κ2) is 12.8. The van der Waals surface area contributed by atoms with Crippen molar-refractivity contribution >= 4 is 17.8 Å². The SMILES string of the molecule is CCN(CC)[SiH2]CC[Si](C)(C)C.CCNCC. The van der Waals surface area contributed by atoms with Crippen molar-refractivity contribution in [3.05, 3.63) is 0 Å². The van der Waals surface area contributed by atoms with E-state index in [1.807, 2.05) is 0 Å². The number of nitrogens with one attached hydrogen (secondary N) is 1. The fraction of sp³-hybridized carbons (Fsp3) is 1.00. The molecule has 2 nitrogen and oxygen atoms in total. The minimum Gasteiger partial charge on any atom is -0.330 e. The smallest absolute Gasteiger partial charge is 0.0947 e. The van der Waals surface area contributed by atoms with Gasteiger partial charge in [0.05, 0.1) is 9.68 Å². The fourth-order valence-corrected chi connectivity index (χ4v) is 7.58. The van der Waals surface area contributed by atoms with Crippen molar-refractivity contribution in [3.63, 3.8) is 0 Å². The lowest BCUT2D eigenvalue weighted by Crippen LogP contribution is -2.29. The minimum atomic E-state index is -0.742. The summed E-state index contributed by atoms with van der Waals surface area (Å²) in [5.74, 6) is 0. The van der Waals surface area contributed by atoms with E-state index in [2.05, 4.69) is 57.2 Å². The van der Waals surface area contributed by atoms with Crippen LogP contribution in [0.25, 0.3) is 0 Å². The van der Waals surface area contributed by atoms with E-state index in [9.17, 15) is 0 Å². The standard InChI is InChI=1S/C9H25NSi2.C4H11N/c1-6-10(7-2)11-8-9-12(3,4)5;1-3-5-4-2/h6-9,11H2,1-5H3;5H,3-4H2,1-2H3. The maximum Gasteiger partial charge on any atom is 0.0947 e. The molecule has 0 bridgehead atoms. The first kappa shape index (κ1) is 19.7. The van der Waals surface area contributed by atoms with Gasteiger partial charge in [-0.15, -0.1) is 0 Å². The predicted octanol–water partition coefficient (Wildman–Crippen LogP) is 2.78. The average molecular weight is 277 g/mol. The van der Waals surface area contributed by atoms with Gasteiger partial charge in [0.15, 0.2) is 0 Å². The summed E-state index contributed by atoms with van der Waals surface area (Å²) in [7, 11) is -0.628. The summed E-state index contributed by atoms with van der Waals surface area (Å²) >= 11 is 0. The summed E-state index contributed by atoms with van der Waals surface area (Å²) in [5, 5.41) is 3.11. The quantitative estimate of drug-likeness (QED) is 0.686. The van der Waals surface area contributed by atoms with Crippen molar-refractivity contribution in [3.8, 4) is 0 Å². The van der Waals surface area contributed by atoms with Crippen LogP contribution in [0.3, 0.4) is 0 Å². The normalized spacial score (nSPS) is 12.0. The molecule has 0 heterocycles. The maximum absolute atomic E-state index is 3.11. The maximum atomic E-state index is 3.11. The average Bonchev–Trinajstić information content (AvgIpc) is 2.25. The molecule has 0 saturated carbocycles. The van der Waals surface area contributed by atoms with Crippen LogP contribution < -0.4 is 5.32 Å². The predicted molar refractivity (Wildman–Crippen MR) is 88.6 cm³/mol. The molecule has 0 saturated heterocycles. The Balaban J connectivity index is 0. The van der Waals surface area contributed by atoms with E-state index >= 15 is 0 Å². The summed E-state index contributed by atoms with van der Waals surface area (Å²) in [5.41, 5.74) is 0. The molecule has 0 rings (SSSR count). The van der Waals surface area contributed by atoms with Crippen molar-refractivity contribution in [1.82, 2.24) is 9.88 Å². The molecule has 0 amide bonds. The van der Waals surface area contributed by atoms with Crippen LogP contribution in [0.4, 0.5) is 0 Å². The van der Waals surface area contributed by atoms with Gasteiger partial charge < -0.3 is 9.88 Å². The molecule has 0 fully saturated rings. The third-order valence-corrected chi connectivity index (χ3v) is 7.55. The zero-order valence-electron chi connectivity index (χ0n) is 13.4. The highest BCUT2D eigenvalue weighted by molar-refractivity contribution is 6.76. The van der Waals surface area contributed by atoms with Crippen LogP contribution in [0.15, 0.2) is 0 Å². The molecular formula is C13H36N2Si2. The molecule has 0 unspecified atom stereocenters. The number of nitrogens with zero attached hydrogens (tertiary/aromatic N) is 1. The van der Waals surface area contributed by atoms with Gasteiger partial charge in [-0.1, -0.05) is 59.4 Å². The topological polar surface area (TPSA) is 15.3 Å². The molecule has 0 aliphatic heterocycles. The van der Waals surface area contributed by atoms with E-state index in [0.29, 0.717) is 0 Å². The van der Waals surface area contributed by atoms with Gasteiger partial charge in [0.2, 0.25) is 0 Å². The Labute approximate surface area is 113 Å². The second-order valence-corrected chi connectivity index (χ2v) is 13.3. The van der Waals surface area contributed by atoms with Crippen LogP contribution in [0.2, 0.25) is 31.7 Å². The molecule has 17 heavy (non-hydrogen) atoms. The molecule has 0 radical (unpaired) electrons. The minimum absolute atomic E-state index is 0.113. The van der Waals surface area contributed by atoms with Crippen LogP contribution in [0.1, 0.15) is 27.7 Å². The van der Waals surface area contributed by atoms with E-state index in [-0.39, 0.29) is 9.68 Å². The molecule has 0 spiro atoms. The van der Waals surface area contributed by atoms with Crippen LogP contribution >= 0.6 is 0 Å². The van der Waals surface area contributed by atoms with Gasteiger partial charge in [-0.3, -0.25) is 0 Å². The van der Waals surface area contributed by atoms with Crippen LogP contribution in [0.5, 0.6) is 0 Å². The molecule has 0 aromatic heterocycles. The lowest BCUT2D eigenvalue weighted by Gasteiger charge is -2.20. The zero-order valence-corrected chi connectivity index (χ0v) is 15.8. The first-order valence-corrected chi connectivity index (χ1v) is 12.7. The Morgan fingerprint density at radius 2 is 1.41 bits per heavy atom. The first-order chi connectivity index (χ1) is 7.91. The second-order valence-electron chi connectivity index (χ2n) is 5.65. The summed E-state index contributed by atoms with van der Waals surface area (Å²) in [6, 6.07) is 3.08. The largest absolute Gasteiger partial charge is 0.330 e. The van der Waals surface area contributed by atoms with Gasteiger partial charge in [-0.05, 0) is 26.2 Å². The van der Waals surface area contributed by atoms with Crippen molar-refractivity contribution < 1.29 is 0 Å². The van der Waals surface area contributed by atoms with E-state index in [1.165, 1.54) is 25.2 Å². The first-order valence-electron chi connectivity index (χ1n) is 7.34. The Morgan fingerprint density at radius 3 is 1.65 bits per heavy atom. The van der Waals surface area contributed by atoms with Gasteiger partial charge in [-0.2, -0.15) is 0 Å². The van der Waals surface area contributed by atoms with Crippen molar-refractivity contribution in [2.75, 3.05) is 26.2 Å². The molecule has 0 aromatic carbocycles. The molecule has 4 heteroatoms. The third kappa shape index (κ3) is 18.9. The van der Waals surface area contributed by atoms with Gasteiger partial charge in [0.25, 0.3) is 0 Å². The van der Waals surface area contributed by atoms with Crippen LogP contribution in [-0.2, 0) is 0 Å². The van der Waals surface area contributed by atoms with Gasteiger partial charge in [-0.25, -0.2) is 0 Å². The Hall–Kier alpha value is 0.354. The van der Waals surface area contributed by atoms with Crippen molar-refractivity contribution in [2.45, 2.75) is 59.4 Å². The van der Waals surface area contributed by atoms with Crippen molar-refractivity contribution in [2.24, 2.45) is 0 Å². The summed E-state index contributed by atoms with van der Waals surface area (Å²) in [6.45, 7) is 20.9. The molecule has 0 aliphatic rings. The third-order valence-electron chi connectivity index (χ3n) is 2.80.